The minimum atomic E-state index is -0.495. The Balaban J connectivity index is 2.52. The van der Waals surface area contributed by atoms with Crippen LogP contribution in [0, 0.1) is 0 Å². The Hall–Kier alpha value is -1.59. The zero-order valence-electron chi connectivity index (χ0n) is 9.51. The first kappa shape index (κ1) is 10.9. The predicted octanol–water partition coefficient (Wildman–Crippen LogP) is 1.76. The molecule has 0 aliphatic carbocycles. The van der Waals surface area contributed by atoms with E-state index in [1.165, 1.54) is 17.1 Å². The Bertz CT molecular complexity index is 408. The number of anilines is 1. The van der Waals surface area contributed by atoms with Crippen LogP contribution in [0.1, 0.15) is 11.8 Å². The quantitative estimate of drug-likeness (QED) is 0.765. The number of fused-ring (bicyclic) bond motifs is 1. The van der Waals surface area contributed by atoms with E-state index >= 15 is 0 Å². The number of para-hydroxylation sites is 1. The third-order valence-corrected chi connectivity index (χ3v) is 2.67. The molecule has 0 bridgehead atoms. The molecule has 1 unspecified atom stereocenters. The number of ether oxygens (including phenoxy) is 1. The second kappa shape index (κ2) is 4.11. The number of nitrogens with zero attached hydrogens (tertiary/aromatic N) is 2. The molecule has 0 saturated heterocycles. The van der Waals surface area contributed by atoms with Gasteiger partial charge in [-0.25, -0.2) is 4.79 Å². The summed E-state index contributed by atoms with van der Waals surface area (Å²) < 4.78 is 5.29. The molecule has 2 amide bonds. The highest BCUT2D eigenvalue weighted by Crippen LogP contribution is 2.35. The highest BCUT2D eigenvalue weighted by Gasteiger charge is 2.36. The number of methoxy groups -OCH3 is 1. The van der Waals surface area contributed by atoms with Gasteiger partial charge in [-0.2, -0.15) is 5.06 Å². The smallest absolute Gasteiger partial charge is 0.350 e. The van der Waals surface area contributed by atoms with Gasteiger partial charge in [-0.05, 0) is 6.07 Å². The molecule has 1 aliphatic rings. The molecular weight excluding hydrogens is 208 g/mol. The molecule has 16 heavy (non-hydrogen) atoms. The van der Waals surface area contributed by atoms with Crippen molar-refractivity contribution in [2.24, 2.45) is 0 Å². The van der Waals surface area contributed by atoms with E-state index in [0.717, 1.165) is 11.3 Å². The van der Waals surface area contributed by atoms with Gasteiger partial charge >= 0.3 is 6.03 Å². The maximum atomic E-state index is 11.9. The zero-order chi connectivity index (χ0) is 11.7. The first-order valence-corrected chi connectivity index (χ1v) is 4.93. The molecule has 1 heterocycles. The molecule has 2 rings (SSSR count). The highest BCUT2D eigenvalue weighted by molar-refractivity contribution is 5.94. The molecule has 5 nitrogen and oxygen atoms in total. The van der Waals surface area contributed by atoms with Crippen molar-refractivity contribution in [1.82, 2.24) is 5.06 Å². The summed E-state index contributed by atoms with van der Waals surface area (Å²) >= 11 is 0. The fraction of sp³-hybridized carbons (Fsp3) is 0.364. The maximum Gasteiger partial charge on any atom is 0.350 e. The highest BCUT2D eigenvalue weighted by atomic mass is 16.7. The summed E-state index contributed by atoms with van der Waals surface area (Å²) in [6.45, 7) is 0. The van der Waals surface area contributed by atoms with Crippen LogP contribution in [0.2, 0.25) is 0 Å². The Morgan fingerprint density at radius 3 is 2.56 bits per heavy atom. The van der Waals surface area contributed by atoms with Gasteiger partial charge in [0.2, 0.25) is 0 Å². The molecule has 0 radical (unpaired) electrons. The van der Waals surface area contributed by atoms with Gasteiger partial charge in [0.15, 0.2) is 6.23 Å². The minimum Gasteiger partial charge on any atom is -0.355 e. The van der Waals surface area contributed by atoms with Crippen molar-refractivity contribution < 1.29 is 14.4 Å². The van der Waals surface area contributed by atoms with Crippen molar-refractivity contribution in [1.29, 1.82) is 0 Å². The fourth-order valence-electron chi connectivity index (χ4n) is 1.88. The molecule has 86 valence electrons. The monoisotopic (exact) mass is 222 g/mol. The van der Waals surface area contributed by atoms with Crippen LogP contribution in [0.15, 0.2) is 24.3 Å². The Labute approximate surface area is 94.1 Å². The lowest BCUT2D eigenvalue weighted by molar-refractivity contribution is -0.194. The second-order valence-corrected chi connectivity index (χ2v) is 3.50. The molecule has 1 aromatic rings. The number of benzene rings is 1. The summed E-state index contributed by atoms with van der Waals surface area (Å²) in [6.07, 6.45) is -0.495. The van der Waals surface area contributed by atoms with Crippen molar-refractivity contribution in [3.8, 4) is 0 Å². The van der Waals surface area contributed by atoms with Gasteiger partial charge in [0.05, 0.1) is 12.8 Å². The number of carbonyl (C=O) groups excluding carboxylic acids is 1. The van der Waals surface area contributed by atoms with Crippen molar-refractivity contribution in [2.75, 3.05) is 26.2 Å². The molecule has 0 fully saturated rings. The average Bonchev–Trinajstić information content (AvgIpc) is 2.33. The number of carbonyl (C=O) groups is 1. The van der Waals surface area contributed by atoms with Gasteiger partial charge in [0, 0.05) is 19.7 Å². The first-order valence-electron chi connectivity index (χ1n) is 4.93. The van der Waals surface area contributed by atoms with Gasteiger partial charge in [-0.15, -0.1) is 0 Å². The number of amides is 2. The molecule has 1 aromatic carbocycles. The molecule has 1 atom stereocenters. The molecule has 0 aromatic heterocycles. The lowest BCUT2D eigenvalue weighted by Crippen LogP contribution is -2.47. The van der Waals surface area contributed by atoms with E-state index in [-0.39, 0.29) is 6.03 Å². The van der Waals surface area contributed by atoms with Crippen LogP contribution >= 0.6 is 0 Å². The lowest BCUT2D eigenvalue weighted by Gasteiger charge is -2.38. The first-order chi connectivity index (χ1) is 7.70. The molecule has 1 aliphatic heterocycles. The molecule has 0 N–H and O–H groups in total. The molecule has 0 spiro atoms. The van der Waals surface area contributed by atoms with Crippen molar-refractivity contribution in [2.45, 2.75) is 6.23 Å². The summed E-state index contributed by atoms with van der Waals surface area (Å²) in [7, 11) is 4.71. The normalized spacial score (nSPS) is 19.9. The van der Waals surface area contributed by atoms with E-state index in [9.17, 15) is 4.79 Å². The van der Waals surface area contributed by atoms with Gasteiger partial charge in [0.1, 0.15) is 0 Å². The maximum absolute atomic E-state index is 11.9. The molecule has 5 heteroatoms. The van der Waals surface area contributed by atoms with Gasteiger partial charge < -0.3 is 4.74 Å². The largest absolute Gasteiger partial charge is 0.355 e. The van der Waals surface area contributed by atoms with E-state index in [1.807, 2.05) is 24.3 Å². The number of rotatable bonds is 2. The summed E-state index contributed by atoms with van der Waals surface area (Å²) in [4.78, 5) is 18.5. The lowest BCUT2D eigenvalue weighted by atomic mass is 10.1. The van der Waals surface area contributed by atoms with Crippen molar-refractivity contribution in [3.63, 3.8) is 0 Å². The van der Waals surface area contributed by atoms with Crippen LogP contribution in [0.3, 0.4) is 0 Å². The molecule has 0 saturated carbocycles. The average molecular weight is 222 g/mol. The summed E-state index contributed by atoms with van der Waals surface area (Å²) in [5.74, 6) is 0. The van der Waals surface area contributed by atoms with Crippen LogP contribution in [0.5, 0.6) is 0 Å². The zero-order valence-corrected chi connectivity index (χ0v) is 9.51. The Morgan fingerprint density at radius 1 is 1.25 bits per heavy atom. The third kappa shape index (κ3) is 1.45. The van der Waals surface area contributed by atoms with Crippen LogP contribution < -0.4 is 4.90 Å². The number of urea groups is 1. The van der Waals surface area contributed by atoms with Gasteiger partial charge in [-0.1, -0.05) is 18.2 Å². The van der Waals surface area contributed by atoms with E-state index in [1.54, 1.807) is 14.2 Å². The SMILES string of the molecule is COC1c2ccccc2N(C)C(=O)N1OC. The van der Waals surface area contributed by atoms with Crippen LogP contribution in [0.25, 0.3) is 0 Å². The summed E-state index contributed by atoms with van der Waals surface area (Å²) in [5.41, 5.74) is 1.75. The van der Waals surface area contributed by atoms with Crippen LogP contribution in [0.4, 0.5) is 10.5 Å². The van der Waals surface area contributed by atoms with Crippen LogP contribution in [-0.2, 0) is 9.57 Å². The van der Waals surface area contributed by atoms with Crippen LogP contribution in [-0.4, -0.2) is 32.4 Å². The van der Waals surface area contributed by atoms with Gasteiger partial charge in [0.25, 0.3) is 0 Å². The predicted molar refractivity (Wildman–Crippen MR) is 58.8 cm³/mol. The van der Waals surface area contributed by atoms with Crippen molar-refractivity contribution in [3.05, 3.63) is 29.8 Å². The minimum absolute atomic E-state index is 0.243. The molecular formula is C11H14N2O3. The third-order valence-electron chi connectivity index (χ3n) is 2.67. The van der Waals surface area contributed by atoms with E-state index in [2.05, 4.69) is 0 Å². The number of hydrogen-bond donors (Lipinski definition) is 0. The number of hydroxylamine groups is 2. The number of hydrogen-bond acceptors (Lipinski definition) is 3. The van der Waals surface area contributed by atoms with Gasteiger partial charge in [-0.3, -0.25) is 9.74 Å². The van der Waals surface area contributed by atoms with Crippen molar-refractivity contribution >= 4 is 11.7 Å². The van der Waals surface area contributed by atoms with E-state index in [0.29, 0.717) is 0 Å². The van der Waals surface area contributed by atoms with E-state index in [4.69, 9.17) is 9.57 Å². The Morgan fingerprint density at radius 2 is 1.94 bits per heavy atom. The summed E-state index contributed by atoms with van der Waals surface area (Å²) in [5, 5.41) is 1.21. The standard InChI is InChI=1S/C11H14N2O3/c1-12-9-7-5-4-6-8(9)10(15-2)13(16-3)11(12)14/h4-7,10H,1-3H3. The van der Waals surface area contributed by atoms with E-state index < -0.39 is 6.23 Å². The summed E-state index contributed by atoms with van der Waals surface area (Å²) in [6, 6.07) is 7.35. The second-order valence-electron chi connectivity index (χ2n) is 3.50. The fourth-order valence-corrected chi connectivity index (χ4v) is 1.88. The topological polar surface area (TPSA) is 42.0 Å². The Kier molecular flexibility index (Phi) is 2.80.